The lowest BCUT2D eigenvalue weighted by atomic mass is 10.1. The summed E-state index contributed by atoms with van der Waals surface area (Å²) in [5.74, 6) is 0.726. The van der Waals surface area contributed by atoms with Gasteiger partial charge in [0.1, 0.15) is 18.2 Å². The monoisotopic (exact) mass is 588 g/mol. The van der Waals surface area contributed by atoms with Crippen LogP contribution in [0.25, 0.3) is 16.8 Å². The van der Waals surface area contributed by atoms with Crippen molar-refractivity contribution in [3.8, 4) is 17.6 Å². The zero-order chi connectivity index (χ0) is 25.5. The number of carbonyl (C=O) groups is 1. The SMILES string of the molecule is CCOc1cc(/C=C(\C#N)C(=O)Nc2ccc(C)cc2)cc(I)c1OCc1ccc2ccccc2c1. The zero-order valence-electron chi connectivity index (χ0n) is 20.0. The predicted molar refractivity (Wildman–Crippen MR) is 152 cm³/mol. The highest BCUT2D eigenvalue weighted by atomic mass is 127. The lowest BCUT2D eigenvalue weighted by molar-refractivity contribution is -0.112. The maximum absolute atomic E-state index is 12.7. The van der Waals surface area contributed by atoms with E-state index in [4.69, 9.17) is 9.47 Å². The fourth-order valence-electron chi connectivity index (χ4n) is 3.71. The molecular formula is C30H25IN2O3. The highest BCUT2D eigenvalue weighted by molar-refractivity contribution is 14.1. The molecule has 0 radical (unpaired) electrons. The van der Waals surface area contributed by atoms with Gasteiger partial charge in [0, 0.05) is 5.69 Å². The normalized spacial score (nSPS) is 11.1. The van der Waals surface area contributed by atoms with Crippen molar-refractivity contribution < 1.29 is 14.3 Å². The molecule has 1 amide bonds. The number of ether oxygens (including phenoxy) is 2. The minimum Gasteiger partial charge on any atom is -0.490 e. The summed E-state index contributed by atoms with van der Waals surface area (Å²) >= 11 is 2.19. The Kier molecular flexibility index (Phi) is 8.24. The molecule has 0 unspecified atom stereocenters. The van der Waals surface area contributed by atoms with Crippen LogP contribution >= 0.6 is 22.6 Å². The maximum atomic E-state index is 12.7. The summed E-state index contributed by atoms with van der Waals surface area (Å²) in [6.07, 6.45) is 1.56. The van der Waals surface area contributed by atoms with Gasteiger partial charge in [0.2, 0.25) is 0 Å². The molecule has 4 aromatic carbocycles. The number of benzene rings is 4. The van der Waals surface area contributed by atoms with Crippen LogP contribution in [0, 0.1) is 21.8 Å². The number of amides is 1. The second-order valence-corrected chi connectivity index (χ2v) is 9.39. The van der Waals surface area contributed by atoms with E-state index in [2.05, 4.69) is 58.2 Å². The number of nitrogens with one attached hydrogen (secondary N) is 1. The first-order valence-corrected chi connectivity index (χ1v) is 12.6. The Morgan fingerprint density at radius 1 is 1.00 bits per heavy atom. The van der Waals surface area contributed by atoms with Crippen molar-refractivity contribution in [3.63, 3.8) is 0 Å². The Balaban J connectivity index is 1.56. The molecule has 0 aromatic heterocycles. The van der Waals surface area contributed by atoms with Crippen molar-refractivity contribution in [3.05, 3.63) is 105 Å². The third kappa shape index (κ3) is 6.23. The molecule has 0 aliphatic heterocycles. The van der Waals surface area contributed by atoms with Crippen LogP contribution in [0.2, 0.25) is 0 Å². The maximum Gasteiger partial charge on any atom is 0.266 e. The van der Waals surface area contributed by atoms with E-state index >= 15 is 0 Å². The number of halogens is 1. The van der Waals surface area contributed by atoms with Crippen LogP contribution in [-0.2, 0) is 11.4 Å². The van der Waals surface area contributed by atoms with Crippen LogP contribution < -0.4 is 14.8 Å². The van der Waals surface area contributed by atoms with Gasteiger partial charge in [-0.25, -0.2) is 0 Å². The highest BCUT2D eigenvalue weighted by Gasteiger charge is 2.15. The average molecular weight is 588 g/mol. The van der Waals surface area contributed by atoms with E-state index in [1.165, 1.54) is 5.39 Å². The van der Waals surface area contributed by atoms with Crippen LogP contribution in [-0.4, -0.2) is 12.5 Å². The molecule has 0 saturated heterocycles. The van der Waals surface area contributed by atoms with Crippen molar-refractivity contribution >= 4 is 51.0 Å². The zero-order valence-corrected chi connectivity index (χ0v) is 22.2. The van der Waals surface area contributed by atoms with E-state index in [0.29, 0.717) is 36.0 Å². The van der Waals surface area contributed by atoms with Gasteiger partial charge in [0.25, 0.3) is 5.91 Å². The molecule has 0 aliphatic carbocycles. The van der Waals surface area contributed by atoms with Gasteiger partial charge in [-0.3, -0.25) is 4.79 Å². The summed E-state index contributed by atoms with van der Waals surface area (Å²) in [5.41, 5.74) is 3.45. The van der Waals surface area contributed by atoms with Crippen LogP contribution in [0.1, 0.15) is 23.6 Å². The van der Waals surface area contributed by atoms with Crippen LogP contribution in [0.5, 0.6) is 11.5 Å². The fourth-order valence-corrected chi connectivity index (χ4v) is 4.49. The lowest BCUT2D eigenvalue weighted by Gasteiger charge is -2.15. The van der Waals surface area contributed by atoms with Gasteiger partial charge in [-0.15, -0.1) is 0 Å². The van der Waals surface area contributed by atoms with Gasteiger partial charge in [-0.1, -0.05) is 54.1 Å². The lowest BCUT2D eigenvalue weighted by Crippen LogP contribution is -2.13. The largest absolute Gasteiger partial charge is 0.490 e. The van der Waals surface area contributed by atoms with E-state index in [9.17, 15) is 10.1 Å². The fraction of sp³-hybridized carbons (Fsp3) is 0.133. The van der Waals surface area contributed by atoms with Crippen molar-refractivity contribution in [1.29, 1.82) is 5.26 Å². The van der Waals surface area contributed by atoms with Crippen molar-refractivity contribution in [1.82, 2.24) is 0 Å². The van der Waals surface area contributed by atoms with E-state index in [0.717, 1.165) is 20.1 Å². The molecule has 0 fully saturated rings. The first-order chi connectivity index (χ1) is 17.5. The molecule has 0 aliphatic rings. The van der Waals surface area contributed by atoms with Gasteiger partial charge < -0.3 is 14.8 Å². The first kappa shape index (κ1) is 25.3. The van der Waals surface area contributed by atoms with Gasteiger partial charge in [0.15, 0.2) is 11.5 Å². The Labute approximate surface area is 224 Å². The summed E-state index contributed by atoms with van der Waals surface area (Å²) in [5, 5.41) is 14.7. The van der Waals surface area contributed by atoms with Gasteiger partial charge in [-0.2, -0.15) is 5.26 Å². The average Bonchev–Trinajstić information content (AvgIpc) is 2.88. The number of fused-ring (bicyclic) bond motifs is 1. The quantitative estimate of drug-likeness (QED) is 0.134. The van der Waals surface area contributed by atoms with Gasteiger partial charge in [-0.05, 0) is 94.7 Å². The number of nitriles is 1. The summed E-state index contributed by atoms with van der Waals surface area (Å²) < 4.78 is 12.9. The molecule has 4 rings (SSSR count). The number of nitrogens with zero attached hydrogens (tertiary/aromatic N) is 1. The molecule has 0 atom stereocenters. The van der Waals surface area contributed by atoms with Crippen LogP contribution in [0.15, 0.2) is 84.4 Å². The number of hydrogen-bond acceptors (Lipinski definition) is 4. The van der Waals surface area contributed by atoms with Gasteiger partial charge in [0.05, 0.1) is 10.2 Å². The molecule has 6 heteroatoms. The molecule has 1 N–H and O–H groups in total. The number of anilines is 1. The molecule has 0 heterocycles. The summed E-state index contributed by atoms with van der Waals surface area (Å²) in [4.78, 5) is 12.7. The van der Waals surface area contributed by atoms with E-state index in [1.807, 2.05) is 50.2 Å². The molecule has 0 spiro atoms. The first-order valence-electron chi connectivity index (χ1n) is 11.5. The molecule has 0 saturated carbocycles. The third-order valence-corrected chi connectivity index (χ3v) is 6.32. The Hall–Kier alpha value is -3.83. The standard InChI is InChI=1S/C30H25IN2O3/c1-3-35-28-17-22(15-25(18-32)30(34)33-26-12-8-20(2)9-13-26)16-27(31)29(28)36-19-21-10-11-23-6-4-5-7-24(23)14-21/h4-17H,3,19H2,1-2H3,(H,33,34)/b25-15+. The van der Waals surface area contributed by atoms with Crippen molar-refractivity contribution in [2.45, 2.75) is 20.5 Å². The molecule has 180 valence electrons. The van der Waals surface area contributed by atoms with Crippen LogP contribution in [0.4, 0.5) is 5.69 Å². The second-order valence-electron chi connectivity index (χ2n) is 8.22. The Morgan fingerprint density at radius 3 is 2.47 bits per heavy atom. The predicted octanol–water partition coefficient (Wildman–Crippen LogP) is 7.28. The van der Waals surface area contributed by atoms with Gasteiger partial charge >= 0.3 is 0 Å². The van der Waals surface area contributed by atoms with Crippen LogP contribution in [0.3, 0.4) is 0 Å². The minimum absolute atomic E-state index is 0.00124. The molecule has 0 bridgehead atoms. The minimum atomic E-state index is -0.467. The summed E-state index contributed by atoms with van der Waals surface area (Å²) in [7, 11) is 0. The number of carbonyl (C=O) groups excluding carboxylic acids is 1. The highest BCUT2D eigenvalue weighted by Crippen LogP contribution is 2.35. The molecule has 4 aromatic rings. The van der Waals surface area contributed by atoms with Crippen molar-refractivity contribution in [2.75, 3.05) is 11.9 Å². The smallest absolute Gasteiger partial charge is 0.266 e. The molecule has 36 heavy (non-hydrogen) atoms. The third-order valence-electron chi connectivity index (χ3n) is 5.51. The Morgan fingerprint density at radius 2 is 1.75 bits per heavy atom. The number of rotatable bonds is 8. The van der Waals surface area contributed by atoms with E-state index in [1.54, 1.807) is 24.3 Å². The van der Waals surface area contributed by atoms with E-state index in [-0.39, 0.29) is 5.57 Å². The molecule has 5 nitrogen and oxygen atoms in total. The summed E-state index contributed by atoms with van der Waals surface area (Å²) in [6.45, 7) is 4.71. The van der Waals surface area contributed by atoms with E-state index < -0.39 is 5.91 Å². The Bertz CT molecular complexity index is 1470. The topological polar surface area (TPSA) is 71.3 Å². The molecular weight excluding hydrogens is 563 g/mol. The summed E-state index contributed by atoms with van der Waals surface area (Å²) in [6, 6.07) is 27.5. The second kappa shape index (κ2) is 11.7. The van der Waals surface area contributed by atoms with Crippen molar-refractivity contribution in [2.24, 2.45) is 0 Å². The number of aryl methyl sites for hydroxylation is 1. The number of hydrogen-bond donors (Lipinski definition) is 1.